The molecule has 1 atom stereocenters. The molecular weight excluding hydrogens is 356 g/mol. The highest BCUT2D eigenvalue weighted by molar-refractivity contribution is 9.10. The maximum Gasteiger partial charge on any atom is 0.175 e. The van der Waals surface area contributed by atoms with Gasteiger partial charge in [-0.1, -0.05) is 0 Å². The molecule has 0 radical (unpaired) electrons. The van der Waals surface area contributed by atoms with Crippen LogP contribution in [-0.2, 0) is 6.54 Å². The maximum absolute atomic E-state index is 5.81. The molecule has 1 N–H and O–H groups in total. The number of benzene rings is 1. The van der Waals surface area contributed by atoms with E-state index in [0.29, 0.717) is 0 Å². The second-order valence-electron chi connectivity index (χ2n) is 6.97. The molecule has 126 valence electrons. The largest absolute Gasteiger partial charge is 0.490 e. The van der Waals surface area contributed by atoms with E-state index in [1.807, 2.05) is 0 Å². The quantitative estimate of drug-likeness (QED) is 0.850. The van der Waals surface area contributed by atoms with E-state index in [0.717, 1.165) is 60.7 Å². The van der Waals surface area contributed by atoms with Crippen LogP contribution in [-0.4, -0.2) is 43.8 Å². The van der Waals surface area contributed by atoms with Crippen LogP contribution in [0.5, 0.6) is 11.5 Å². The average molecular weight is 381 g/mol. The Hall–Kier alpha value is -0.780. The average Bonchev–Trinajstić information content (AvgIpc) is 3.32. The maximum atomic E-state index is 5.81. The zero-order valence-corrected chi connectivity index (χ0v) is 15.1. The lowest BCUT2D eigenvalue weighted by Gasteiger charge is -2.16. The van der Waals surface area contributed by atoms with Gasteiger partial charge in [-0.25, -0.2) is 0 Å². The lowest BCUT2D eigenvalue weighted by molar-refractivity contribution is 0.296. The minimum absolute atomic E-state index is 0.725. The first-order valence-electron chi connectivity index (χ1n) is 8.82. The van der Waals surface area contributed by atoms with Crippen molar-refractivity contribution in [2.45, 2.75) is 38.3 Å². The van der Waals surface area contributed by atoms with Gasteiger partial charge in [-0.05, 0) is 71.9 Å². The van der Waals surface area contributed by atoms with Gasteiger partial charge in [0.05, 0.1) is 17.7 Å². The number of nitrogens with one attached hydrogen (secondary N) is 1. The molecule has 1 unspecified atom stereocenters. The number of halogens is 1. The van der Waals surface area contributed by atoms with E-state index in [4.69, 9.17) is 9.47 Å². The summed E-state index contributed by atoms with van der Waals surface area (Å²) in [5.74, 6) is 2.52. The number of ether oxygens (including phenoxy) is 2. The summed E-state index contributed by atoms with van der Waals surface area (Å²) >= 11 is 3.62. The van der Waals surface area contributed by atoms with E-state index < -0.39 is 0 Å². The van der Waals surface area contributed by atoms with E-state index >= 15 is 0 Å². The van der Waals surface area contributed by atoms with Crippen LogP contribution in [0.2, 0.25) is 0 Å². The Morgan fingerprint density at radius 1 is 1.17 bits per heavy atom. The Kier molecular flexibility index (Phi) is 4.78. The van der Waals surface area contributed by atoms with Gasteiger partial charge in [0.2, 0.25) is 0 Å². The van der Waals surface area contributed by atoms with Crippen molar-refractivity contribution < 1.29 is 9.47 Å². The molecule has 2 fully saturated rings. The van der Waals surface area contributed by atoms with E-state index in [-0.39, 0.29) is 0 Å². The zero-order valence-electron chi connectivity index (χ0n) is 13.5. The van der Waals surface area contributed by atoms with Gasteiger partial charge < -0.3 is 19.7 Å². The van der Waals surface area contributed by atoms with Crippen LogP contribution >= 0.6 is 15.9 Å². The molecule has 1 aliphatic carbocycles. The Morgan fingerprint density at radius 3 is 2.91 bits per heavy atom. The number of hydrogen-bond acceptors (Lipinski definition) is 4. The van der Waals surface area contributed by atoms with Crippen LogP contribution in [0.1, 0.15) is 31.2 Å². The molecular formula is C18H25BrN2O2. The first-order chi connectivity index (χ1) is 11.3. The van der Waals surface area contributed by atoms with E-state index in [9.17, 15) is 0 Å². The molecule has 1 saturated carbocycles. The van der Waals surface area contributed by atoms with Crippen LogP contribution in [0, 0.1) is 5.92 Å². The molecule has 0 amide bonds. The molecule has 0 aromatic heterocycles. The number of likely N-dealkylation sites (tertiary alicyclic amines) is 1. The summed E-state index contributed by atoms with van der Waals surface area (Å²) in [4.78, 5) is 2.68. The molecule has 2 heterocycles. The normalized spacial score (nSPS) is 24.7. The lowest BCUT2D eigenvalue weighted by Crippen LogP contribution is -2.27. The third kappa shape index (κ3) is 3.83. The summed E-state index contributed by atoms with van der Waals surface area (Å²) in [7, 11) is 0. The fraction of sp³-hybridized carbons (Fsp3) is 0.667. The zero-order chi connectivity index (χ0) is 15.6. The van der Waals surface area contributed by atoms with Gasteiger partial charge in [-0.2, -0.15) is 0 Å². The molecule has 1 aromatic carbocycles. The summed E-state index contributed by atoms with van der Waals surface area (Å²) < 4.78 is 12.6. The molecule has 23 heavy (non-hydrogen) atoms. The molecule has 2 aliphatic heterocycles. The monoisotopic (exact) mass is 380 g/mol. The van der Waals surface area contributed by atoms with Crippen LogP contribution in [0.15, 0.2) is 16.6 Å². The second kappa shape index (κ2) is 6.99. The highest BCUT2D eigenvalue weighted by Gasteiger charge is 2.34. The first-order valence-corrected chi connectivity index (χ1v) is 9.61. The Morgan fingerprint density at radius 2 is 2.04 bits per heavy atom. The predicted octanol–water partition coefficient (Wildman–Crippen LogP) is 3.18. The number of rotatable bonds is 5. The number of nitrogens with zero attached hydrogens (tertiary/aromatic N) is 1. The van der Waals surface area contributed by atoms with Gasteiger partial charge in [0.25, 0.3) is 0 Å². The lowest BCUT2D eigenvalue weighted by atomic mass is 10.1. The summed E-state index contributed by atoms with van der Waals surface area (Å²) in [5.41, 5.74) is 1.25. The van der Waals surface area contributed by atoms with Gasteiger partial charge in [0, 0.05) is 25.6 Å². The highest BCUT2D eigenvalue weighted by Crippen LogP contribution is 2.38. The fourth-order valence-electron chi connectivity index (χ4n) is 3.61. The minimum Gasteiger partial charge on any atom is -0.490 e. The molecule has 4 nitrogen and oxygen atoms in total. The standard InChI is InChI=1S/C18H25BrN2O2/c19-16-8-14(9-17-18(16)23-7-1-6-22-17)11-20-10-13-4-5-21(12-13)15-2-3-15/h8-9,13,15,20H,1-7,10-12H2. The molecule has 5 heteroatoms. The van der Waals surface area contributed by atoms with Crippen LogP contribution in [0.3, 0.4) is 0 Å². The third-order valence-corrected chi connectivity index (χ3v) is 5.59. The molecule has 1 saturated heterocycles. The SMILES string of the molecule is Brc1cc(CNCC2CCN(C3CC3)C2)cc2c1OCCCO2. The van der Waals surface area contributed by atoms with Crippen molar-refractivity contribution >= 4 is 15.9 Å². The van der Waals surface area contributed by atoms with E-state index in [1.54, 1.807) is 0 Å². The van der Waals surface area contributed by atoms with Gasteiger partial charge >= 0.3 is 0 Å². The van der Waals surface area contributed by atoms with Crippen molar-refractivity contribution in [3.8, 4) is 11.5 Å². The van der Waals surface area contributed by atoms with Crippen molar-refractivity contribution in [2.24, 2.45) is 5.92 Å². The van der Waals surface area contributed by atoms with Gasteiger partial charge in [-0.3, -0.25) is 0 Å². The van der Waals surface area contributed by atoms with Crippen molar-refractivity contribution in [2.75, 3.05) is 32.8 Å². The second-order valence-corrected chi connectivity index (χ2v) is 7.82. The van der Waals surface area contributed by atoms with E-state index in [1.165, 1.54) is 37.9 Å². The highest BCUT2D eigenvalue weighted by atomic mass is 79.9. The molecule has 0 spiro atoms. The Bertz CT molecular complexity index is 562. The van der Waals surface area contributed by atoms with Gasteiger partial charge in [0.15, 0.2) is 11.5 Å². The van der Waals surface area contributed by atoms with E-state index in [2.05, 4.69) is 38.3 Å². The Labute approximate surface area is 146 Å². The van der Waals surface area contributed by atoms with Gasteiger partial charge in [-0.15, -0.1) is 0 Å². The Balaban J connectivity index is 1.30. The van der Waals surface area contributed by atoms with Crippen LogP contribution < -0.4 is 14.8 Å². The van der Waals surface area contributed by atoms with Crippen molar-refractivity contribution in [1.82, 2.24) is 10.2 Å². The first kappa shape index (κ1) is 15.7. The number of hydrogen-bond donors (Lipinski definition) is 1. The minimum atomic E-state index is 0.725. The molecule has 4 rings (SSSR count). The van der Waals surface area contributed by atoms with Crippen LogP contribution in [0.25, 0.3) is 0 Å². The molecule has 3 aliphatic rings. The molecule has 0 bridgehead atoms. The smallest absolute Gasteiger partial charge is 0.175 e. The fourth-order valence-corrected chi connectivity index (χ4v) is 4.21. The van der Waals surface area contributed by atoms with Crippen molar-refractivity contribution in [1.29, 1.82) is 0 Å². The summed E-state index contributed by atoms with van der Waals surface area (Å²) in [5, 5.41) is 3.63. The van der Waals surface area contributed by atoms with Crippen molar-refractivity contribution in [3.05, 3.63) is 22.2 Å². The molecule has 1 aromatic rings. The van der Waals surface area contributed by atoms with Crippen LogP contribution in [0.4, 0.5) is 0 Å². The van der Waals surface area contributed by atoms with Crippen molar-refractivity contribution in [3.63, 3.8) is 0 Å². The summed E-state index contributed by atoms with van der Waals surface area (Å²) in [6, 6.07) is 5.17. The van der Waals surface area contributed by atoms with Gasteiger partial charge in [0.1, 0.15) is 0 Å². The summed E-state index contributed by atoms with van der Waals surface area (Å²) in [6.07, 6.45) is 5.12. The summed E-state index contributed by atoms with van der Waals surface area (Å²) in [6.45, 7) is 6.03. The third-order valence-electron chi connectivity index (χ3n) is 5.00. The number of fused-ring (bicyclic) bond motifs is 1. The topological polar surface area (TPSA) is 33.7 Å². The predicted molar refractivity (Wildman–Crippen MR) is 94.2 cm³/mol.